The highest BCUT2D eigenvalue weighted by molar-refractivity contribution is 6.13. The predicted molar refractivity (Wildman–Crippen MR) is 97.1 cm³/mol. The Morgan fingerprint density at radius 2 is 1.92 bits per heavy atom. The molecule has 0 bridgehead atoms. The van der Waals surface area contributed by atoms with Crippen molar-refractivity contribution in [2.75, 3.05) is 18.9 Å². The van der Waals surface area contributed by atoms with E-state index in [0.29, 0.717) is 19.4 Å². The van der Waals surface area contributed by atoms with Gasteiger partial charge in [0.05, 0.1) is 0 Å². The van der Waals surface area contributed by atoms with Crippen molar-refractivity contribution in [1.29, 1.82) is 0 Å². The zero-order chi connectivity index (χ0) is 17.9. The van der Waals surface area contributed by atoms with Crippen LogP contribution in [-0.2, 0) is 16.0 Å². The van der Waals surface area contributed by atoms with E-state index in [1.165, 1.54) is 0 Å². The topological polar surface area (TPSA) is 62.3 Å². The van der Waals surface area contributed by atoms with E-state index in [0.717, 1.165) is 23.2 Å². The normalized spacial score (nSPS) is 14.6. The van der Waals surface area contributed by atoms with Crippen LogP contribution in [0.15, 0.2) is 48.8 Å². The molecule has 1 aromatic carbocycles. The number of benzene rings is 1. The molecule has 0 unspecified atom stereocenters. The van der Waals surface area contributed by atoms with Gasteiger partial charge in [-0.15, -0.1) is 0 Å². The van der Waals surface area contributed by atoms with E-state index in [1.807, 2.05) is 43.3 Å². The number of nitrogens with one attached hydrogen (secondary N) is 1. The van der Waals surface area contributed by atoms with Gasteiger partial charge in [-0.2, -0.15) is 0 Å². The number of hydrogen-bond acceptors (Lipinski definition) is 3. The molecule has 25 heavy (non-hydrogen) atoms. The summed E-state index contributed by atoms with van der Waals surface area (Å²) in [6, 6.07) is 11.5. The molecule has 0 radical (unpaired) electrons. The number of pyridine rings is 1. The number of nitrogens with zero attached hydrogens (tertiary/aromatic N) is 2. The van der Waals surface area contributed by atoms with Crippen LogP contribution >= 0.6 is 0 Å². The van der Waals surface area contributed by atoms with Gasteiger partial charge in [-0.25, -0.2) is 0 Å². The predicted octanol–water partition coefficient (Wildman–Crippen LogP) is 2.81. The molecule has 1 heterocycles. The molecule has 5 heteroatoms. The van der Waals surface area contributed by atoms with Gasteiger partial charge in [0.1, 0.15) is 5.41 Å². The lowest BCUT2D eigenvalue weighted by atomic mass is 10.0. The second-order valence-corrected chi connectivity index (χ2v) is 6.74. The van der Waals surface area contributed by atoms with Crippen LogP contribution in [-0.4, -0.2) is 35.3 Å². The minimum absolute atomic E-state index is 0.0910. The summed E-state index contributed by atoms with van der Waals surface area (Å²) in [7, 11) is 1.77. The molecule has 3 rings (SSSR count). The summed E-state index contributed by atoms with van der Waals surface area (Å²) in [5.41, 5.74) is 2.05. The van der Waals surface area contributed by atoms with Gasteiger partial charge in [0.2, 0.25) is 11.8 Å². The Balaban J connectivity index is 1.61. The number of amides is 2. The fourth-order valence-corrected chi connectivity index (χ4v) is 2.95. The highest BCUT2D eigenvalue weighted by Crippen LogP contribution is 2.48. The molecule has 0 atom stereocenters. The number of aromatic nitrogens is 1. The average Bonchev–Trinajstić information content (AvgIpc) is 3.42. The third-order valence-electron chi connectivity index (χ3n) is 4.70. The molecular weight excluding hydrogens is 314 g/mol. The number of carbonyl (C=O) groups is 2. The fourth-order valence-electron chi connectivity index (χ4n) is 2.95. The summed E-state index contributed by atoms with van der Waals surface area (Å²) >= 11 is 0. The van der Waals surface area contributed by atoms with E-state index in [1.54, 1.807) is 24.3 Å². The second kappa shape index (κ2) is 7.05. The lowest BCUT2D eigenvalue weighted by molar-refractivity contribution is -0.141. The monoisotopic (exact) mass is 337 g/mol. The Morgan fingerprint density at radius 1 is 1.20 bits per heavy atom. The van der Waals surface area contributed by atoms with Gasteiger partial charge in [-0.05, 0) is 61.6 Å². The van der Waals surface area contributed by atoms with E-state index in [9.17, 15) is 9.59 Å². The summed E-state index contributed by atoms with van der Waals surface area (Å²) in [6.45, 7) is 2.56. The first-order valence-corrected chi connectivity index (χ1v) is 8.54. The van der Waals surface area contributed by atoms with Crippen molar-refractivity contribution >= 4 is 17.5 Å². The maximum Gasteiger partial charge on any atom is 0.240 e. The first-order valence-electron chi connectivity index (χ1n) is 8.54. The van der Waals surface area contributed by atoms with Crippen molar-refractivity contribution in [3.8, 4) is 0 Å². The van der Waals surface area contributed by atoms with Crippen molar-refractivity contribution < 1.29 is 9.59 Å². The molecule has 0 aliphatic heterocycles. The van der Waals surface area contributed by atoms with Crippen molar-refractivity contribution in [2.45, 2.75) is 26.2 Å². The minimum Gasteiger partial charge on any atom is -0.344 e. The number of likely N-dealkylation sites (N-methyl/N-ethyl adjacent to an activating group) is 1. The van der Waals surface area contributed by atoms with Crippen molar-refractivity contribution in [2.24, 2.45) is 5.41 Å². The first-order chi connectivity index (χ1) is 12.0. The summed E-state index contributed by atoms with van der Waals surface area (Å²) < 4.78 is 0. The Bertz CT molecular complexity index is 770. The van der Waals surface area contributed by atoms with Gasteiger partial charge in [-0.1, -0.05) is 12.1 Å². The van der Waals surface area contributed by atoms with Gasteiger partial charge in [0.25, 0.3) is 0 Å². The Morgan fingerprint density at radius 3 is 2.56 bits per heavy atom. The molecule has 2 amide bonds. The third-order valence-corrected chi connectivity index (χ3v) is 4.70. The van der Waals surface area contributed by atoms with Crippen LogP contribution in [0.1, 0.15) is 24.0 Å². The zero-order valence-corrected chi connectivity index (χ0v) is 14.7. The molecule has 1 saturated carbocycles. The van der Waals surface area contributed by atoms with Gasteiger partial charge < -0.3 is 10.2 Å². The van der Waals surface area contributed by atoms with Gasteiger partial charge >= 0.3 is 0 Å². The van der Waals surface area contributed by atoms with E-state index >= 15 is 0 Å². The van der Waals surface area contributed by atoms with Crippen molar-refractivity contribution in [3.63, 3.8) is 0 Å². The lowest BCUT2D eigenvalue weighted by Crippen LogP contribution is -2.41. The molecular formula is C20H23N3O2. The van der Waals surface area contributed by atoms with Gasteiger partial charge in [0, 0.05) is 31.7 Å². The smallest absolute Gasteiger partial charge is 0.240 e. The van der Waals surface area contributed by atoms with Crippen LogP contribution in [0.25, 0.3) is 0 Å². The third kappa shape index (κ3) is 3.87. The number of carbonyl (C=O) groups excluding carboxylic acids is 2. The molecule has 2 aromatic rings. The highest BCUT2D eigenvalue weighted by atomic mass is 16.2. The average molecular weight is 337 g/mol. The van der Waals surface area contributed by atoms with Crippen LogP contribution in [0.3, 0.4) is 0 Å². The molecule has 1 fully saturated rings. The minimum atomic E-state index is -0.892. The molecule has 1 N–H and O–H groups in total. The standard InChI is InChI=1S/C20H23N3O2/c1-15-4-3-5-17(14-15)22-18(24)20(9-10-20)19(25)23(2)13-8-16-6-11-21-12-7-16/h3-7,11-12,14H,8-10,13H2,1-2H3,(H,22,24). The summed E-state index contributed by atoms with van der Waals surface area (Å²) in [5.74, 6) is -0.287. The van der Waals surface area contributed by atoms with Crippen LogP contribution in [0.4, 0.5) is 5.69 Å². The van der Waals surface area contributed by atoms with E-state index < -0.39 is 5.41 Å². The number of hydrogen-bond donors (Lipinski definition) is 1. The maximum atomic E-state index is 12.8. The molecule has 0 spiro atoms. The number of rotatable bonds is 6. The highest BCUT2D eigenvalue weighted by Gasteiger charge is 2.57. The summed E-state index contributed by atoms with van der Waals surface area (Å²) in [6.07, 6.45) is 5.47. The van der Waals surface area contributed by atoms with E-state index in [4.69, 9.17) is 0 Å². The zero-order valence-electron chi connectivity index (χ0n) is 14.7. The molecule has 0 saturated heterocycles. The quantitative estimate of drug-likeness (QED) is 0.825. The first kappa shape index (κ1) is 17.1. The van der Waals surface area contributed by atoms with Gasteiger partial charge in [0.15, 0.2) is 0 Å². The van der Waals surface area contributed by atoms with Gasteiger partial charge in [-0.3, -0.25) is 14.6 Å². The van der Waals surface area contributed by atoms with Crippen LogP contribution in [0.5, 0.6) is 0 Å². The Hall–Kier alpha value is -2.69. The lowest BCUT2D eigenvalue weighted by Gasteiger charge is -2.23. The fraction of sp³-hybridized carbons (Fsp3) is 0.350. The Labute approximate surface area is 148 Å². The Kier molecular flexibility index (Phi) is 4.83. The molecule has 1 aliphatic carbocycles. The SMILES string of the molecule is Cc1cccc(NC(=O)C2(C(=O)N(C)CCc3ccncc3)CC2)c1. The van der Waals surface area contributed by atoms with Crippen molar-refractivity contribution in [3.05, 3.63) is 59.9 Å². The van der Waals surface area contributed by atoms with Crippen LogP contribution in [0, 0.1) is 12.3 Å². The maximum absolute atomic E-state index is 12.8. The number of anilines is 1. The molecule has 130 valence electrons. The summed E-state index contributed by atoms with van der Waals surface area (Å²) in [5, 5.41) is 2.90. The molecule has 5 nitrogen and oxygen atoms in total. The van der Waals surface area contributed by atoms with Crippen LogP contribution in [0.2, 0.25) is 0 Å². The summed E-state index contributed by atoms with van der Waals surface area (Å²) in [4.78, 5) is 31.1. The second-order valence-electron chi connectivity index (χ2n) is 6.74. The van der Waals surface area contributed by atoms with Crippen LogP contribution < -0.4 is 5.32 Å². The molecule has 1 aliphatic rings. The number of aryl methyl sites for hydroxylation is 1. The van der Waals surface area contributed by atoms with Crippen molar-refractivity contribution in [1.82, 2.24) is 9.88 Å². The molecule has 1 aromatic heterocycles. The van der Waals surface area contributed by atoms with E-state index in [2.05, 4.69) is 10.3 Å². The van der Waals surface area contributed by atoms with E-state index in [-0.39, 0.29) is 11.8 Å². The largest absolute Gasteiger partial charge is 0.344 e.